The third-order valence-electron chi connectivity index (χ3n) is 8.11. The Morgan fingerprint density at radius 1 is 1.22 bits per heavy atom. The van der Waals surface area contributed by atoms with Crippen molar-refractivity contribution in [3.8, 4) is 5.75 Å². The van der Waals surface area contributed by atoms with E-state index in [0.29, 0.717) is 11.3 Å². The van der Waals surface area contributed by atoms with Crippen LogP contribution in [-0.4, -0.2) is 17.8 Å². The van der Waals surface area contributed by atoms with Gasteiger partial charge in [-0.05, 0) is 61.3 Å². The van der Waals surface area contributed by atoms with Gasteiger partial charge in [0.1, 0.15) is 17.1 Å². The first kappa shape index (κ1) is 14.2. The van der Waals surface area contributed by atoms with Crippen LogP contribution in [-0.2, 0) is 6.42 Å². The number of methoxy groups -OCH3 is 1. The second kappa shape index (κ2) is 4.47. The number of hydrogen-bond acceptors (Lipinski definition) is 2. The van der Waals surface area contributed by atoms with Crippen LogP contribution in [0.4, 0.5) is 0 Å². The summed E-state index contributed by atoms with van der Waals surface area (Å²) in [7, 11) is 1.76. The summed E-state index contributed by atoms with van der Waals surface area (Å²) in [5.74, 6) is 4.63. The van der Waals surface area contributed by atoms with Crippen molar-refractivity contribution in [2.24, 2.45) is 17.3 Å². The van der Waals surface area contributed by atoms with E-state index < -0.39 is 5.60 Å². The predicted molar refractivity (Wildman–Crippen MR) is 90.4 cm³/mol. The summed E-state index contributed by atoms with van der Waals surface area (Å²) in [5.41, 5.74) is 2.98. The molecule has 23 heavy (non-hydrogen) atoms. The SMILES string of the molecule is COc1ccc2c(c1)CC[C@@H]1[C@@H]2CC[C@@]12[C+](C)[C@@]1(O)CC[C@@H]2C1. The van der Waals surface area contributed by atoms with Crippen molar-refractivity contribution in [2.45, 2.75) is 63.4 Å². The van der Waals surface area contributed by atoms with E-state index in [1.807, 2.05) is 0 Å². The summed E-state index contributed by atoms with van der Waals surface area (Å²) < 4.78 is 5.42. The summed E-state index contributed by atoms with van der Waals surface area (Å²) in [6, 6.07) is 6.71. The Labute approximate surface area is 139 Å². The molecule has 2 bridgehead atoms. The molecule has 2 nitrogen and oxygen atoms in total. The monoisotopic (exact) mass is 311 g/mol. The zero-order valence-corrected chi connectivity index (χ0v) is 14.3. The van der Waals surface area contributed by atoms with E-state index in [1.54, 1.807) is 12.7 Å². The van der Waals surface area contributed by atoms with E-state index in [2.05, 4.69) is 25.1 Å². The van der Waals surface area contributed by atoms with Crippen molar-refractivity contribution in [1.29, 1.82) is 0 Å². The van der Waals surface area contributed by atoms with Crippen LogP contribution >= 0.6 is 0 Å². The van der Waals surface area contributed by atoms with Crippen molar-refractivity contribution in [2.75, 3.05) is 7.11 Å². The number of hydrogen-bond donors (Lipinski definition) is 1. The van der Waals surface area contributed by atoms with Gasteiger partial charge in [-0.25, -0.2) is 0 Å². The van der Waals surface area contributed by atoms with Gasteiger partial charge in [0.15, 0.2) is 0 Å². The quantitative estimate of drug-likeness (QED) is 0.785. The maximum Gasteiger partial charge on any atom is 0.207 e. The summed E-state index contributed by atoms with van der Waals surface area (Å²) >= 11 is 0. The van der Waals surface area contributed by atoms with Crippen molar-refractivity contribution < 1.29 is 9.84 Å². The normalized spacial score (nSPS) is 43.8. The van der Waals surface area contributed by atoms with Gasteiger partial charge in [-0.2, -0.15) is 0 Å². The highest BCUT2D eigenvalue weighted by Crippen LogP contribution is 2.73. The van der Waals surface area contributed by atoms with Crippen LogP contribution in [0.2, 0.25) is 0 Å². The third-order valence-corrected chi connectivity index (χ3v) is 8.11. The zero-order chi connectivity index (χ0) is 15.8. The molecule has 0 aliphatic heterocycles. The van der Waals surface area contributed by atoms with Gasteiger partial charge < -0.3 is 9.84 Å². The Morgan fingerprint density at radius 3 is 2.83 bits per heavy atom. The van der Waals surface area contributed by atoms with Crippen LogP contribution in [0.3, 0.4) is 0 Å². The van der Waals surface area contributed by atoms with Gasteiger partial charge in [-0.15, -0.1) is 0 Å². The summed E-state index contributed by atoms with van der Waals surface area (Å²) in [6.45, 7) is 2.28. The van der Waals surface area contributed by atoms with E-state index >= 15 is 0 Å². The van der Waals surface area contributed by atoms with Gasteiger partial charge in [0.05, 0.1) is 14.0 Å². The minimum atomic E-state index is -0.431. The Hall–Kier alpha value is -1.15. The lowest BCUT2D eigenvalue weighted by molar-refractivity contribution is 0.0312. The summed E-state index contributed by atoms with van der Waals surface area (Å²) in [6.07, 6.45) is 8.35. The summed E-state index contributed by atoms with van der Waals surface area (Å²) in [5, 5.41) is 11.0. The van der Waals surface area contributed by atoms with E-state index in [4.69, 9.17) is 4.74 Å². The highest BCUT2D eigenvalue weighted by Gasteiger charge is 2.76. The molecule has 4 aliphatic carbocycles. The molecule has 5 atom stereocenters. The lowest BCUT2D eigenvalue weighted by Gasteiger charge is -2.41. The van der Waals surface area contributed by atoms with Gasteiger partial charge in [-0.1, -0.05) is 6.07 Å². The average molecular weight is 311 g/mol. The van der Waals surface area contributed by atoms with E-state index in [-0.39, 0.29) is 0 Å². The second-order valence-electron chi connectivity index (χ2n) is 8.49. The molecular weight excluding hydrogens is 284 g/mol. The van der Waals surface area contributed by atoms with Crippen LogP contribution in [0.15, 0.2) is 18.2 Å². The second-order valence-corrected chi connectivity index (χ2v) is 8.49. The predicted octanol–water partition coefficient (Wildman–Crippen LogP) is 4.26. The molecule has 5 rings (SSSR count). The third kappa shape index (κ3) is 1.61. The van der Waals surface area contributed by atoms with Crippen molar-refractivity contribution in [3.63, 3.8) is 0 Å². The largest absolute Gasteiger partial charge is 0.497 e. The maximum absolute atomic E-state index is 11.0. The van der Waals surface area contributed by atoms with Crippen LogP contribution in [0.25, 0.3) is 0 Å². The van der Waals surface area contributed by atoms with Crippen LogP contribution in [0.1, 0.15) is 62.5 Å². The minimum Gasteiger partial charge on any atom is -0.497 e. The van der Waals surface area contributed by atoms with Gasteiger partial charge in [0.25, 0.3) is 0 Å². The molecule has 1 N–H and O–H groups in total. The number of ether oxygens (including phenoxy) is 1. The molecule has 0 amide bonds. The van der Waals surface area contributed by atoms with Gasteiger partial charge in [-0.3, -0.25) is 0 Å². The number of benzene rings is 1. The molecule has 2 heteroatoms. The van der Waals surface area contributed by atoms with Crippen LogP contribution < -0.4 is 4.74 Å². The lowest BCUT2D eigenvalue weighted by atomic mass is 9.57. The number of aliphatic hydroxyl groups is 1. The standard InChI is InChI=1S/C21H27O2/c1-13-20(22)9-7-15(12-20)21(13)10-8-18-17-5-4-16(23-2)11-14(17)3-6-19(18)21/h4-5,11,15,18-19,22H,3,6-10,12H2,1-2H3/q+1/t15-,18-,19-,20-,21+/m1/s1. The minimum absolute atomic E-state index is 0.343. The number of aryl methyl sites for hydroxylation is 1. The van der Waals surface area contributed by atoms with E-state index in [1.165, 1.54) is 43.6 Å². The van der Waals surface area contributed by atoms with E-state index in [0.717, 1.165) is 30.4 Å². The Kier molecular flexibility index (Phi) is 2.77. The van der Waals surface area contributed by atoms with Crippen molar-refractivity contribution in [1.82, 2.24) is 0 Å². The van der Waals surface area contributed by atoms with Gasteiger partial charge in [0, 0.05) is 24.7 Å². The van der Waals surface area contributed by atoms with Crippen LogP contribution in [0, 0.1) is 23.2 Å². The zero-order valence-electron chi connectivity index (χ0n) is 14.3. The first-order valence-corrected chi connectivity index (χ1v) is 9.32. The molecule has 0 saturated heterocycles. The molecular formula is C21H27O2+. The molecule has 0 heterocycles. The Balaban J connectivity index is 1.54. The molecule has 1 aromatic carbocycles. The molecule has 0 aromatic heterocycles. The first-order valence-electron chi connectivity index (χ1n) is 9.32. The van der Waals surface area contributed by atoms with Crippen LogP contribution in [0.5, 0.6) is 5.75 Å². The molecule has 1 spiro atoms. The highest BCUT2D eigenvalue weighted by molar-refractivity contribution is 5.43. The first-order chi connectivity index (χ1) is 11.1. The molecule has 122 valence electrons. The van der Waals surface area contributed by atoms with Crippen molar-refractivity contribution >= 4 is 0 Å². The fourth-order valence-electron chi connectivity index (χ4n) is 7.09. The molecule has 1 aromatic rings. The molecule has 0 radical (unpaired) electrons. The molecule has 4 aliphatic rings. The van der Waals surface area contributed by atoms with E-state index in [9.17, 15) is 5.11 Å². The van der Waals surface area contributed by atoms with Gasteiger partial charge >= 0.3 is 0 Å². The number of fused-ring (bicyclic) bond motifs is 7. The fourth-order valence-corrected chi connectivity index (χ4v) is 7.09. The lowest BCUT2D eigenvalue weighted by Crippen LogP contribution is -2.44. The molecule has 3 saturated carbocycles. The smallest absolute Gasteiger partial charge is 0.207 e. The molecule has 0 unspecified atom stereocenters. The summed E-state index contributed by atoms with van der Waals surface area (Å²) in [4.78, 5) is 0. The molecule has 3 fully saturated rings. The fraction of sp³-hybridized carbons (Fsp3) is 0.667. The Bertz CT molecular complexity index is 653. The number of rotatable bonds is 1. The highest BCUT2D eigenvalue weighted by atomic mass is 16.5. The van der Waals surface area contributed by atoms with Gasteiger partial charge in [0.2, 0.25) is 5.60 Å². The average Bonchev–Trinajstić information content (AvgIpc) is 3.20. The maximum atomic E-state index is 11.0. The van der Waals surface area contributed by atoms with Crippen molar-refractivity contribution in [3.05, 3.63) is 35.2 Å². The topological polar surface area (TPSA) is 29.5 Å². The Morgan fingerprint density at radius 2 is 2.09 bits per heavy atom.